The van der Waals surface area contributed by atoms with Crippen molar-refractivity contribution in [3.05, 3.63) is 41.5 Å². The predicted molar refractivity (Wildman–Crippen MR) is 106 cm³/mol. The van der Waals surface area contributed by atoms with Crippen molar-refractivity contribution < 1.29 is 9.59 Å². The lowest BCUT2D eigenvalue weighted by atomic mass is 10.2. The zero-order valence-corrected chi connectivity index (χ0v) is 15.9. The maximum Gasteiger partial charge on any atom is 0.230 e. The number of fused-ring (bicyclic) bond motifs is 1. The molecule has 0 saturated carbocycles. The van der Waals surface area contributed by atoms with Crippen molar-refractivity contribution in [1.82, 2.24) is 9.55 Å². The van der Waals surface area contributed by atoms with Crippen LogP contribution in [0.4, 0.5) is 10.8 Å². The smallest absolute Gasteiger partial charge is 0.230 e. The van der Waals surface area contributed by atoms with Crippen LogP contribution >= 0.6 is 11.3 Å². The molecule has 0 aliphatic carbocycles. The van der Waals surface area contributed by atoms with Crippen LogP contribution in [0.3, 0.4) is 0 Å². The molecule has 0 radical (unpaired) electrons. The molecule has 3 rings (SSSR count). The van der Waals surface area contributed by atoms with Crippen LogP contribution in [-0.2, 0) is 22.6 Å². The highest BCUT2D eigenvalue weighted by Gasteiger charge is 2.12. The van der Waals surface area contributed by atoms with Crippen LogP contribution in [0.1, 0.15) is 26.5 Å². The third kappa shape index (κ3) is 4.11. The lowest BCUT2D eigenvalue weighted by Gasteiger charge is -2.06. The second-order valence-corrected chi connectivity index (χ2v) is 7.25. The molecule has 6 nitrogen and oxygen atoms in total. The zero-order valence-electron chi connectivity index (χ0n) is 15.1. The fraction of sp³-hybridized carbons (Fsp3) is 0.316. The molecule has 26 heavy (non-hydrogen) atoms. The molecule has 3 aromatic rings. The van der Waals surface area contributed by atoms with E-state index in [1.807, 2.05) is 44.3 Å². The number of benzene rings is 1. The standard InChI is InChI=1S/C19H22N4O2S/c1-4-23-8-7-13-9-14(5-6-16(13)23)20-17(24)10-15-11-26-19(21-15)22-18(25)12(2)3/h5-9,11-12H,4,10H2,1-3H3,(H,20,24)(H,21,22,25). The summed E-state index contributed by atoms with van der Waals surface area (Å²) in [5, 5.41) is 9.06. The molecule has 2 aromatic heterocycles. The molecule has 0 atom stereocenters. The SMILES string of the molecule is CCn1ccc2cc(NC(=O)Cc3csc(NC(=O)C(C)C)n3)ccc21. The van der Waals surface area contributed by atoms with Crippen molar-refractivity contribution >= 4 is 44.9 Å². The summed E-state index contributed by atoms with van der Waals surface area (Å²) in [7, 11) is 0. The Morgan fingerprint density at radius 3 is 2.77 bits per heavy atom. The molecule has 0 aliphatic rings. The Balaban J connectivity index is 1.62. The van der Waals surface area contributed by atoms with Gasteiger partial charge < -0.3 is 15.2 Å². The minimum Gasteiger partial charge on any atom is -0.348 e. The highest BCUT2D eigenvalue weighted by molar-refractivity contribution is 7.13. The maximum absolute atomic E-state index is 12.3. The number of carbonyl (C=O) groups excluding carboxylic acids is 2. The molecular formula is C19H22N4O2S. The molecule has 0 aliphatic heterocycles. The van der Waals surface area contributed by atoms with E-state index < -0.39 is 0 Å². The quantitative estimate of drug-likeness (QED) is 0.691. The third-order valence-corrected chi connectivity index (χ3v) is 4.85. The number of aromatic nitrogens is 2. The average molecular weight is 370 g/mol. The van der Waals surface area contributed by atoms with Gasteiger partial charge in [0.2, 0.25) is 11.8 Å². The Bertz CT molecular complexity index is 942. The zero-order chi connectivity index (χ0) is 18.7. The van der Waals surface area contributed by atoms with Gasteiger partial charge in [-0.25, -0.2) is 4.98 Å². The molecule has 0 unspecified atom stereocenters. The van der Waals surface area contributed by atoms with Crippen molar-refractivity contribution in [2.45, 2.75) is 33.7 Å². The number of carbonyl (C=O) groups is 2. The number of hydrogen-bond acceptors (Lipinski definition) is 4. The Hall–Kier alpha value is -2.67. The van der Waals surface area contributed by atoms with Gasteiger partial charge in [0.25, 0.3) is 0 Å². The third-order valence-electron chi connectivity index (χ3n) is 4.04. The first-order valence-electron chi connectivity index (χ1n) is 8.60. The molecule has 2 heterocycles. The summed E-state index contributed by atoms with van der Waals surface area (Å²) >= 11 is 1.32. The molecule has 0 spiro atoms. The van der Waals surface area contributed by atoms with E-state index in [1.165, 1.54) is 11.3 Å². The van der Waals surface area contributed by atoms with Crippen molar-refractivity contribution in [1.29, 1.82) is 0 Å². The molecule has 1 aromatic carbocycles. The minimum absolute atomic E-state index is 0.0809. The maximum atomic E-state index is 12.3. The highest BCUT2D eigenvalue weighted by Crippen LogP contribution is 2.21. The van der Waals surface area contributed by atoms with Crippen LogP contribution in [0, 0.1) is 5.92 Å². The Labute approximate surface area is 156 Å². The van der Waals surface area contributed by atoms with Crippen LogP contribution in [0.15, 0.2) is 35.8 Å². The second kappa shape index (κ2) is 7.70. The van der Waals surface area contributed by atoms with E-state index in [1.54, 1.807) is 5.38 Å². The van der Waals surface area contributed by atoms with Gasteiger partial charge in [-0.2, -0.15) is 0 Å². The van der Waals surface area contributed by atoms with Crippen LogP contribution in [0.2, 0.25) is 0 Å². The number of anilines is 2. The first kappa shape index (κ1) is 18.1. The lowest BCUT2D eigenvalue weighted by molar-refractivity contribution is -0.119. The van der Waals surface area contributed by atoms with Crippen LogP contribution in [0.25, 0.3) is 10.9 Å². The molecule has 7 heteroatoms. The summed E-state index contributed by atoms with van der Waals surface area (Å²) in [6, 6.07) is 7.92. The van der Waals surface area contributed by atoms with Crippen LogP contribution in [0.5, 0.6) is 0 Å². The Morgan fingerprint density at radius 1 is 1.23 bits per heavy atom. The number of rotatable bonds is 6. The van der Waals surface area contributed by atoms with Gasteiger partial charge in [-0.05, 0) is 31.2 Å². The van der Waals surface area contributed by atoms with Crippen molar-refractivity contribution in [2.75, 3.05) is 10.6 Å². The van der Waals surface area contributed by atoms with E-state index in [9.17, 15) is 9.59 Å². The Kier molecular flexibility index (Phi) is 5.37. The topological polar surface area (TPSA) is 76.0 Å². The van der Waals surface area contributed by atoms with Gasteiger partial charge in [-0.3, -0.25) is 9.59 Å². The minimum atomic E-state index is -0.133. The number of aryl methyl sites for hydroxylation is 1. The summed E-state index contributed by atoms with van der Waals surface area (Å²) in [5.74, 6) is -0.322. The Morgan fingerprint density at radius 2 is 2.04 bits per heavy atom. The van der Waals surface area contributed by atoms with E-state index in [-0.39, 0.29) is 24.2 Å². The normalized spacial score (nSPS) is 11.1. The van der Waals surface area contributed by atoms with E-state index >= 15 is 0 Å². The fourth-order valence-corrected chi connectivity index (χ4v) is 3.33. The van der Waals surface area contributed by atoms with Crippen LogP contribution in [-0.4, -0.2) is 21.4 Å². The molecule has 2 N–H and O–H groups in total. The van der Waals surface area contributed by atoms with Gasteiger partial charge in [-0.15, -0.1) is 11.3 Å². The van der Waals surface area contributed by atoms with Gasteiger partial charge in [-0.1, -0.05) is 13.8 Å². The van der Waals surface area contributed by atoms with Crippen molar-refractivity contribution in [3.63, 3.8) is 0 Å². The highest BCUT2D eigenvalue weighted by atomic mass is 32.1. The van der Waals surface area contributed by atoms with Crippen LogP contribution < -0.4 is 10.6 Å². The molecule has 136 valence electrons. The number of thiazole rings is 1. The van der Waals surface area contributed by atoms with Gasteiger partial charge in [0.1, 0.15) is 0 Å². The molecule has 0 fully saturated rings. The summed E-state index contributed by atoms with van der Waals surface area (Å²) in [5.41, 5.74) is 2.56. The summed E-state index contributed by atoms with van der Waals surface area (Å²) in [6.45, 7) is 6.65. The molecule has 0 bridgehead atoms. The summed E-state index contributed by atoms with van der Waals surface area (Å²) in [6.07, 6.45) is 2.21. The second-order valence-electron chi connectivity index (χ2n) is 6.39. The van der Waals surface area contributed by atoms with Gasteiger partial charge in [0.05, 0.1) is 12.1 Å². The van der Waals surface area contributed by atoms with Gasteiger partial charge in [0, 0.05) is 40.6 Å². The van der Waals surface area contributed by atoms with E-state index in [4.69, 9.17) is 0 Å². The first-order valence-corrected chi connectivity index (χ1v) is 9.48. The average Bonchev–Trinajstić information content (AvgIpc) is 3.20. The summed E-state index contributed by atoms with van der Waals surface area (Å²) < 4.78 is 2.16. The first-order chi connectivity index (χ1) is 12.5. The van der Waals surface area contributed by atoms with Crippen molar-refractivity contribution in [2.24, 2.45) is 5.92 Å². The van der Waals surface area contributed by atoms with E-state index in [0.29, 0.717) is 10.8 Å². The number of hydrogen-bond donors (Lipinski definition) is 2. The molecule has 2 amide bonds. The number of nitrogens with one attached hydrogen (secondary N) is 2. The monoisotopic (exact) mass is 370 g/mol. The number of nitrogens with zero attached hydrogens (tertiary/aromatic N) is 2. The fourth-order valence-electron chi connectivity index (χ4n) is 2.62. The van der Waals surface area contributed by atoms with Gasteiger partial charge in [0.15, 0.2) is 5.13 Å². The lowest BCUT2D eigenvalue weighted by Crippen LogP contribution is -2.18. The van der Waals surface area contributed by atoms with Gasteiger partial charge >= 0.3 is 0 Å². The summed E-state index contributed by atoms with van der Waals surface area (Å²) in [4.78, 5) is 28.3. The van der Waals surface area contributed by atoms with E-state index in [0.717, 1.165) is 23.1 Å². The van der Waals surface area contributed by atoms with E-state index in [2.05, 4.69) is 27.1 Å². The van der Waals surface area contributed by atoms with Crippen molar-refractivity contribution in [3.8, 4) is 0 Å². The predicted octanol–water partition coefficient (Wildman–Crippen LogP) is 3.89. The molecule has 0 saturated heterocycles. The molecular weight excluding hydrogens is 348 g/mol. The largest absolute Gasteiger partial charge is 0.348 e. The number of amides is 2.